The molecule has 0 aliphatic rings. The second kappa shape index (κ2) is 8.73. The predicted octanol–water partition coefficient (Wildman–Crippen LogP) is 1.41. The molecular formula is C13H21BrN2O4. The van der Waals surface area contributed by atoms with E-state index in [4.69, 9.17) is 5.11 Å². The first-order valence-electron chi connectivity index (χ1n) is 6.27. The molecule has 6 nitrogen and oxygen atoms in total. The zero-order valence-corrected chi connectivity index (χ0v) is 13.5. The third kappa shape index (κ3) is 7.93. The molecule has 0 heterocycles. The molecule has 0 aliphatic heterocycles. The quantitative estimate of drug-likeness (QED) is 0.617. The summed E-state index contributed by atoms with van der Waals surface area (Å²) in [4.78, 5) is 34.3. The lowest BCUT2D eigenvalue weighted by molar-refractivity contribution is -0.142. The van der Waals surface area contributed by atoms with E-state index < -0.39 is 24.0 Å². The van der Waals surface area contributed by atoms with Crippen molar-refractivity contribution in [3.05, 3.63) is 11.1 Å². The van der Waals surface area contributed by atoms with Gasteiger partial charge >= 0.3 is 5.97 Å². The summed E-state index contributed by atoms with van der Waals surface area (Å²) in [5.74, 6) is -1.80. The van der Waals surface area contributed by atoms with Crippen LogP contribution in [0, 0.1) is 5.92 Å². The van der Waals surface area contributed by atoms with Crippen LogP contribution in [0.2, 0.25) is 0 Å². The summed E-state index contributed by atoms with van der Waals surface area (Å²) < 4.78 is 0.477. The second-order valence-corrected chi connectivity index (χ2v) is 6.12. The predicted molar refractivity (Wildman–Crippen MR) is 79.3 cm³/mol. The Bertz CT molecular complexity index is 396. The fourth-order valence-corrected chi connectivity index (χ4v) is 1.97. The van der Waals surface area contributed by atoms with Crippen molar-refractivity contribution in [2.45, 2.75) is 45.7 Å². The lowest BCUT2D eigenvalue weighted by atomic mass is 10.0. The minimum Gasteiger partial charge on any atom is -0.480 e. The van der Waals surface area contributed by atoms with Crippen molar-refractivity contribution in [1.82, 2.24) is 10.6 Å². The third-order valence-electron chi connectivity index (χ3n) is 2.44. The lowest BCUT2D eigenvalue weighted by Crippen LogP contribution is -2.51. The topological polar surface area (TPSA) is 95.5 Å². The van der Waals surface area contributed by atoms with Gasteiger partial charge in [-0.3, -0.25) is 9.59 Å². The Balaban J connectivity index is 4.81. The van der Waals surface area contributed by atoms with Gasteiger partial charge in [0.2, 0.25) is 11.8 Å². The van der Waals surface area contributed by atoms with Gasteiger partial charge in [-0.15, -0.1) is 0 Å². The minimum atomic E-state index is -1.15. The largest absolute Gasteiger partial charge is 0.480 e. The van der Waals surface area contributed by atoms with Crippen LogP contribution in [0.1, 0.15) is 33.6 Å². The van der Waals surface area contributed by atoms with Crippen molar-refractivity contribution in [3.63, 3.8) is 0 Å². The Labute approximate surface area is 127 Å². The van der Waals surface area contributed by atoms with E-state index >= 15 is 0 Å². The van der Waals surface area contributed by atoms with Crippen LogP contribution in [0.25, 0.3) is 0 Å². The summed E-state index contributed by atoms with van der Waals surface area (Å²) in [5, 5.41) is 14.0. The highest BCUT2D eigenvalue weighted by molar-refractivity contribution is 9.11. The highest BCUT2D eigenvalue weighted by atomic mass is 79.9. The van der Waals surface area contributed by atoms with E-state index in [9.17, 15) is 14.4 Å². The number of halogens is 1. The number of hydrogen-bond acceptors (Lipinski definition) is 3. The molecule has 0 fully saturated rings. The average molecular weight is 349 g/mol. The molecule has 0 spiro atoms. The van der Waals surface area contributed by atoms with Crippen molar-refractivity contribution in [1.29, 1.82) is 0 Å². The van der Waals surface area contributed by atoms with Gasteiger partial charge in [-0.2, -0.15) is 0 Å². The third-order valence-corrected chi connectivity index (χ3v) is 2.77. The average Bonchev–Trinajstić information content (AvgIpc) is 2.24. The van der Waals surface area contributed by atoms with Gasteiger partial charge in [-0.1, -0.05) is 36.4 Å². The Morgan fingerprint density at radius 2 is 1.75 bits per heavy atom. The molecule has 0 aliphatic carbocycles. The standard InChI is InChI=1S/C13H21BrN2O4/c1-7(2)5-10(15-9(4)17)12(18)16-11(13(19)20)6-8(3)14/h7,10-11H,3,5-6H2,1-2,4H3,(H,15,17)(H,16,18)(H,19,20)/t10-,11+/m0/s1. The molecule has 0 bridgehead atoms. The number of nitrogens with one attached hydrogen (secondary N) is 2. The fourth-order valence-electron chi connectivity index (χ4n) is 1.64. The van der Waals surface area contributed by atoms with E-state index in [2.05, 4.69) is 33.1 Å². The van der Waals surface area contributed by atoms with Gasteiger partial charge in [-0.25, -0.2) is 4.79 Å². The van der Waals surface area contributed by atoms with Gasteiger partial charge in [0.15, 0.2) is 0 Å². The number of amides is 2. The van der Waals surface area contributed by atoms with Crippen LogP contribution >= 0.6 is 15.9 Å². The molecule has 0 saturated carbocycles. The van der Waals surface area contributed by atoms with Gasteiger partial charge < -0.3 is 15.7 Å². The number of rotatable bonds is 8. The molecule has 0 saturated heterocycles. The Morgan fingerprint density at radius 3 is 2.10 bits per heavy atom. The second-order valence-electron chi connectivity index (χ2n) is 5.00. The molecule has 2 atom stereocenters. The summed E-state index contributed by atoms with van der Waals surface area (Å²) in [6, 6.07) is -1.81. The maximum Gasteiger partial charge on any atom is 0.326 e. The van der Waals surface area contributed by atoms with Gasteiger partial charge in [0.25, 0.3) is 0 Å². The molecule has 3 N–H and O–H groups in total. The Kier molecular flexibility index (Phi) is 8.13. The van der Waals surface area contributed by atoms with Crippen LogP contribution in [0.15, 0.2) is 11.1 Å². The molecule has 114 valence electrons. The minimum absolute atomic E-state index is 0.0789. The van der Waals surface area contributed by atoms with E-state index in [0.717, 1.165) is 0 Å². The number of carboxylic acid groups (broad SMARTS) is 1. The molecule has 0 rings (SSSR count). The van der Waals surface area contributed by atoms with Crippen LogP contribution in [-0.4, -0.2) is 35.0 Å². The zero-order chi connectivity index (χ0) is 15.9. The van der Waals surface area contributed by atoms with Crippen LogP contribution in [0.5, 0.6) is 0 Å². The van der Waals surface area contributed by atoms with Crippen LogP contribution in [0.4, 0.5) is 0 Å². The number of carbonyl (C=O) groups is 3. The van der Waals surface area contributed by atoms with Crippen molar-refractivity contribution in [2.24, 2.45) is 5.92 Å². The lowest BCUT2D eigenvalue weighted by Gasteiger charge is -2.22. The van der Waals surface area contributed by atoms with E-state index in [1.165, 1.54) is 6.92 Å². The van der Waals surface area contributed by atoms with E-state index in [-0.39, 0.29) is 18.2 Å². The SMILES string of the molecule is C=C(Br)C[C@@H](NC(=O)[C@H](CC(C)C)NC(C)=O)C(=O)O. The highest BCUT2D eigenvalue weighted by Crippen LogP contribution is 2.11. The molecule has 2 amide bonds. The number of carboxylic acids is 1. The highest BCUT2D eigenvalue weighted by Gasteiger charge is 2.26. The summed E-state index contributed by atoms with van der Waals surface area (Å²) in [6.07, 6.45) is 0.516. The van der Waals surface area contributed by atoms with Crippen molar-refractivity contribution >= 4 is 33.7 Å². The van der Waals surface area contributed by atoms with Crippen LogP contribution < -0.4 is 10.6 Å². The maximum atomic E-state index is 12.1. The first-order chi connectivity index (χ1) is 9.13. The molecule has 0 radical (unpaired) electrons. The first kappa shape index (κ1) is 18.6. The van der Waals surface area contributed by atoms with E-state index in [1.807, 2.05) is 13.8 Å². The molecule has 0 aromatic heterocycles. The van der Waals surface area contributed by atoms with Crippen molar-refractivity contribution in [3.8, 4) is 0 Å². The number of aliphatic carboxylic acids is 1. The van der Waals surface area contributed by atoms with E-state index in [0.29, 0.717) is 10.9 Å². The van der Waals surface area contributed by atoms with Gasteiger partial charge in [0, 0.05) is 13.3 Å². The molecular weight excluding hydrogens is 328 g/mol. The maximum absolute atomic E-state index is 12.1. The number of carbonyl (C=O) groups excluding carboxylic acids is 2. The van der Waals surface area contributed by atoms with Crippen molar-refractivity contribution in [2.75, 3.05) is 0 Å². The summed E-state index contributed by atoms with van der Waals surface area (Å²) in [7, 11) is 0. The van der Waals surface area contributed by atoms with E-state index in [1.54, 1.807) is 0 Å². The van der Waals surface area contributed by atoms with Crippen LogP contribution in [-0.2, 0) is 14.4 Å². The molecule has 20 heavy (non-hydrogen) atoms. The monoisotopic (exact) mass is 348 g/mol. The first-order valence-corrected chi connectivity index (χ1v) is 7.06. The van der Waals surface area contributed by atoms with Gasteiger partial charge in [0.05, 0.1) is 0 Å². The van der Waals surface area contributed by atoms with Gasteiger partial charge in [0.1, 0.15) is 12.1 Å². The summed E-state index contributed by atoms with van der Waals surface area (Å²) in [6.45, 7) is 8.70. The van der Waals surface area contributed by atoms with Gasteiger partial charge in [-0.05, 0) is 16.8 Å². The Hall–Kier alpha value is -1.37. The normalized spacial score (nSPS) is 13.4. The summed E-state index contributed by atoms with van der Waals surface area (Å²) >= 11 is 3.07. The van der Waals surface area contributed by atoms with Crippen molar-refractivity contribution < 1.29 is 19.5 Å². The number of hydrogen-bond donors (Lipinski definition) is 3. The molecule has 0 aromatic carbocycles. The zero-order valence-electron chi connectivity index (χ0n) is 11.9. The molecule has 0 aromatic rings. The van der Waals surface area contributed by atoms with Crippen LogP contribution in [0.3, 0.4) is 0 Å². The smallest absolute Gasteiger partial charge is 0.326 e. The molecule has 0 unspecified atom stereocenters. The summed E-state index contributed by atoms with van der Waals surface area (Å²) in [5.41, 5.74) is 0. The fraction of sp³-hybridized carbons (Fsp3) is 0.615. The molecule has 7 heteroatoms. The Morgan fingerprint density at radius 1 is 1.20 bits per heavy atom.